The monoisotopic (exact) mass is 366 g/mol. The van der Waals surface area contributed by atoms with Crippen molar-refractivity contribution >= 4 is 5.91 Å². The summed E-state index contributed by atoms with van der Waals surface area (Å²) in [4.78, 5) is 17.3. The molecule has 2 aromatic rings. The Morgan fingerprint density at radius 1 is 0.889 bits per heavy atom. The second kappa shape index (κ2) is 8.01. The van der Waals surface area contributed by atoms with Crippen LogP contribution in [-0.2, 0) is 0 Å². The molecule has 0 aliphatic carbocycles. The van der Waals surface area contributed by atoms with Crippen molar-refractivity contribution in [2.24, 2.45) is 0 Å². The fraction of sp³-hybridized carbons (Fsp3) is 0.409. The lowest BCUT2D eigenvalue weighted by Gasteiger charge is -2.23. The Kier molecular flexibility index (Phi) is 5.30. The molecule has 2 saturated heterocycles. The van der Waals surface area contributed by atoms with Crippen LogP contribution in [0.2, 0.25) is 0 Å². The summed E-state index contributed by atoms with van der Waals surface area (Å²) in [5, 5.41) is 0. The average molecular weight is 366 g/mol. The number of ether oxygens (including phenoxy) is 2. The van der Waals surface area contributed by atoms with Gasteiger partial charge in [0.1, 0.15) is 17.2 Å². The number of rotatable bonds is 5. The predicted molar refractivity (Wildman–Crippen MR) is 105 cm³/mol. The molecule has 142 valence electrons. The van der Waals surface area contributed by atoms with Crippen LogP contribution in [0.5, 0.6) is 17.2 Å². The Labute approximate surface area is 160 Å². The molecule has 2 aromatic carbocycles. The third-order valence-corrected chi connectivity index (χ3v) is 5.50. The van der Waals surface area contributed by atoms with Crippen molar-refractivity contribution in [1.29, 1.82) is 0 Å². The highest BCUT2D eigenvalue weighted by Gasteiger charge is 2.31. The van der Waals surface area contributed by atoms with Crippen LogP contribution in [0.1, 0.15) is 29.6 Å². The summed E-state index contributed by atoms with van der Waals surface area (Å²) in [5.74, 6) is 2.37. The van der Waals surface area contributed by atoms with E-state index < -0.39 is 0 Å². The molecule has 4 rings (SSSR count). The summed E-state index contributed by atoms with van der Waals surface area (Å²) in [7, 11) is 1.64. The summed E-state index contributed by atoms with van der Waals surface area (Å²) in [6, 6.07) is 15.4. The molecule has 0 spiro atoms. The van der Waals surface area contributed by atoms with E-state index in [0.717, 1.165) is 36.6 Å². The van der Waals surface area contributed by atoms with Crippen molar-refractivity contribution in [3.63, 3.8) is 0 Å². The van der Waals surface area contributed by atoms with Gasteiger partial charge in [-0.25, -0.2) is 0 Å². The van der Waals surface area contributed by atoms with E-state index in [4.69, 9.17) is 9.47 Å². The number of likely N-dealkylation sites (tertiary alicyclic amines) is 2. The van der Waals surface area contributed by atoms with Gasteiger partial charge >= 0.3 is 0 Å². The van der Waals surface area contributed by atoms with Crippen LogP contribution in [0.4, 0.5) is 0 Å². The van der Waals surface area contributed by atoms with Gasteiger partial charge in [0, 0.05) is 24.7 Å². The number of hydrogen-bond acceptors (Lipinski definition) is 4. The Hall–Kier alpha value is -2.53. The maximum absolute atomic E-state index is 12.8. The Bertz CT molecular complexity index is 767. The molecular weight excluding hydrogens is 340 g/mol. The van der Waals surface area contributed by atoms with E-state index in [1.807, 2.05) is 53.4 Å². The summed E-state index contributed by atoms with van der Waals surface area (Å²) < 4.78 is 11.0. The number of carbonyl (C=O) groups excluding carboxylic acids is 1. The van der Waals surface area contributed by atoms with Gasteiger partial charge in [-0.2, -0.15) is 0 Å². The largest absolute Gasteiger partial charge is 0.497 e. The quantitative estimate of drug-likeness (QED) is 0.807. The lowest BCUT2D eigenvalue weighted by atomic mass is 10.2. The molecule has 2 aliphatic rings. The van der Waals surface area contributed by atoms with E-state index in [-0.39, 0.29) is 5.91 Å². The minimum atomic E-state index is 0.118. The number of benzene rings is 2. The SMILES string of the molecule is COc1ccc(Oc2ccc(C(=O)N3CC[C@H](N4CCCC4)C3)cc2)cc1. The predicted octanol–water partition coefficient (Wildman–Crippen LogP) is 3.80. The van der Waals surface area contributed by atoms with Crippen molar-refractivity contribution in [2.75, 3.05) is 33.3 Å². The fourth-order valence-electron chi connectivity index (χ4n) is 3.96. The highest BCUT2D eigenvalue weighted by Crippen LogP contribution is 2.25. The highest BCUT2D eigenvalue weighted by molar-refractivity contribution is 5.94. The molecule has 5 nitrogen and oxygen atoms in total. The Balaban J connectivity index is 1.36. The molecular formula is C22H26N2O3. The summed E-state index contributed by atoms with van der Waals surface area (Å²) in [6.45, 7) is 4.07. The lowest BCUT2D eigenvalue weighted by Crippen LogP contribution is -2.37. The van der Waals surface area contributed by atoms with Gasteiger partial charge in [0.25, 0.3) is 5.91 Å². The minimum absolute atomic E-state index is 0.118. The number of amides is 1. The maximum atomic E-state index is 12.8. The van der Waals surface area contributed by atoms with Crippen LogP contribution in [0.25, 0.3) is 0 Å². The summed E-state index contributed by atoms with van der Waals surface area (Å²) in [5.41, 5.74) is 0.721. The van der Waals surface area contributed by atoms with Gasteiger partial charge in [-0.3, -0.25) is 9.69 Å². The average Bonchev–Trinajstić information content (AvgIpc) is 3.40. The maximum Gasteiger partial charge on any atom is 0.253 e. The molecule has 0 N–H and O–H groups in total. The molecule has 0 aromatic heterocycles. The van der Waals surface area contributed by atoms with Gasteiger partial charge in [-0.1, -0.05) is 0 Å². The molecule has 2 heterocycles. The molecule has 27 heavy (non-hydrogen) atoms. The van der Waals surface area contributed by atoms with E-state index >= 15 is 0 Å². The lowest BCUT2D eigenvalue weighted by molar-refractivity contribution is 0.0780. The van der Waals surface area contributed by atoms with Crippen molar-refractivity contribution in [3.05, 3.63) is 54.1 Å². The second-order valence-electron chi connectivity index (χ2n) is 7.24. The molecule has 0 unspecified atom stereocenters. The number of nitrogens with zero attached hydrogens (tertiary/aromatic N) is 2. The summed E-state index contributed by atoms with van der Waals surface area (Å²) >= 11 is 0. The molecule has 1 atom stereocenters. The van der Waals surface area contributed by atoms with Crippen molar-refractivity contribution in [1.82, 2.24) is 9.80 Å². The number of carbonyl (C=O) groups is 1. The zero-order valence-corrected chi connectivity index (χ0v) is 15.8. The Morgan fingerprint density at radius 2 is 1.48 bits per heavy atom. The van der Waals surface area contributed by atoms with Gasteiger partial charge in [0.15, 0.2) is 0 Å². The topological polar surface area (TPSA) is 42.0 Å². The van der Waals surface area contributed by atoms with Crippen molar-refractivity contribution in [3.8, 4) is 17.2 Å². The van der Waals surface area contributed by atoms with E-state index in [1.165, 1.54) is 25.9 Å². The summed E-state index contributed by atoms with van der Waals surface area (Å²) in [6.07, 6.45) is 3.67. The normalized spacial score (nSPS) is 20.0. The van der Waals surface area contributed by atoms with E-state index in [1.54, 1.807) is 7.11 Å². The number of hydrogen-bond donors (Lipinski definition) is 0. The van der Waals surface area contributed by atoms with Crippen LogP contribution >= 0.6 is 0 Å². The van der Waals surface area contributed by atoms with Crippen LogP contribution in [-0.4, -0.2) is 55.0 Å². The molecule has 0 saturated carbocycles. The zero-order valence-electron chi connectivity index (χ0n) is 15.8. The standard InChI is InChI=1S/C22H26N2O3/c1-26-19-8-10-21(11-9-19)27-20-6-4-17(5-7-20)22(25)24-15-12-18(16-24)23-13-2-3-14-23/h4-11,18H,2-3,12-16H2,1H3/t18-/m0/s1. The van der Waals surface area contributed by atoms with Crippen molar-refractivity contribution in [2.45, 2.75) is 25.3 Å². The molecule has 0 bridgehead atoms. The first-order valence-electron chi connectivity index (χ1n) is 9.68. The molecule has 0 radical (unpaired) electrons. The molecule has 2 aliphatic heterocycles. The highest BCUT2D eigenvalue weighted by atomic mass is 16.5. The third kappa shape index (κ3) is 4.08. The van der Waals surface area contributed by atoms with E-state index in [0.29, 0.717) is 11.8 Å². The van der Waals surface area contributed by atoms with Gasteiger partial charge < -0.3 is 14.4 Å². The molecule has 2 fully saturated rings. The van der Waals surface area contributed by atoms with Crippen LogP contribution < -0.4 is 9.47 Å². The smallest absolute Gasteiger partial charge is 0.253 e. The number of methoxy groups -OCH3 is 1. The van der Waals surface area contributed by atoms with Crippen LogP contribution in [0.3, 0.4) is 0 Å². The first-order chi connectivity index (χ1) is 13.2. The van der Waals surface area contributed by atoms with Gasteiger partial charge in [-0.05, 0) is 80.9 Å². The van der Waals surface area contributed by atoms with Crippen LogP contribution in [0.15, 0.2) is 48.5 Å². The fourth-order valence-corrected chi connectivity index (χ4v) is 3.96. The van der Waals surface area contributed by atoms with Gasteiger partial charge in [0.2, 0.25) is 0 Å². The first-order valence-corrected chi connectivity index (χ1v) is 9.68. The minimum Gasteiger partial charge on any atom is -0.497 e. The van der Waals surface area contributed by atoms with E-state index in [9.17, 15) is 4.79 Å². The third-order valence-electron chi connectivity index (χ3n) is 5.50. The van der Waals surface area contributed by atoms with Gasteiger partial charge in [-0.15, -0.1) is 0 Å². The van der Waals surface area contributed by atoms with Crippen LogP contribution in [0, 0.1) is 0 Å². The first kappa shape index (κ1) is 17.9. The second-order valence-corrected chi connectivity index (χ2v) is 7.24. The molecule has 5 heteroatoms. The van der Waals surface area contributed by atoms with E-state index in [2.05, 4.69) is 4.90 Å². The zero-order chi connectivity index (χ0) is 18.6. The molecule has 1 amide bonds. The van der Waals surface area contributed by atoms with Gasteiger partial charge in [0.05, 0.1) is 7.11 Å². The Morgan fingerprint density at radius 3 is 2.11 bits per heavy atom. The van der Waals surface area contributed by atoms with Crippen molar-refractivity contribution < 1.29 is 14.3 Å².